The van der Waals surface area contributed by atoms with Gasteiger partial charge in [0, 0.05) is 19.1 Å². The van der Waals surface area contributed by atoms with E-state index in [0.29, 0.717) is 5.91 Å². The molecule has 3 heterocycles. The number of aryl methyl sites for hydroxylation is 1. The average Bonchev–Trinajstić information content (AvgIpc) is 3.46. The van der Waals surface area contributed by atoms with Crippen LogP contribution in [0.25, 0.3) is 11.0 Å². The Morgan fingerprint density at radius 1 is 1.07 bits per heavy atom. The summed E-state index contributed by atoms with van der Waals surface area (Å²) in [5, 5.41) is 0. The Morgan fingerprint density at radius 3 is 2.79 bits per heavy atom. The first-order valence-corrected chi connectivity index (χ1v) is 11.2. The summed E-state index contributed by atoms with van der Waals surface area (Å²) in [6, 6.07) is 7.16. The van der Waals surface area contributed by atoms with E-state index in [2.05, 4.69) is 39.9 Å². The van der Waals surface area contributed by atoms with Gasteiger partial charge in [0.25, 0.3) is 0 Å². The van der Waals surface area contributed by atoms with E-state index in [1.807, 2.05) is 0 Å². The number of nitrogens with one attached hydrogen (secondary N) is 1. The summed E-state index contributed by atoms with van der Waals surface area (Å²) in [6.07, 6.45) is 9.88. The predicted octanol–water partition coefficient (Wildman–Crippen LogP) is 4.19. The van der Waals surface area contributed by atoms with Crippen LogP contribution in [-0.4, -0.2) is 51.4 Å². The van der Waals surface area contributed by atoms with Gasteiger partial charge in [0.15, 0.2) is 0 Å². The molecule has 2 aliphatic heterocycles. The number of carbonyl (C=O) groups is 1. The summed E-state index contributed by atoms with van der Waals surface area (Å²) >= 11 is 0. The van der Waals surface area contributed by atoms with E-state index in [0.717, 1.165) is 61.8 Å². The maximum absolute atomic E-state index is 13.4. The summed E-state index contributed by atoms with van der Waals surface area (Å²) in [5.41, 5.74) is 3.32. The highest BCUT2D eigenvalue weighted by molar-refractivity contribution is 5.80. The lowest BCUT2D eigenvalue weighted by Gasteiger charge is -2.31. The van der Waals surface area contributed by atoms with Gasteiger partial charge in [-0.2, -0.15) is 0 Å². The molecule has 5 heteroatoms. The zero-order chi connectivity index (χ0) is 19.1. The maximum atomic E-state index is 13.4. The van der Waals surface area contributed by atoms with E-state index in [9.17, 15) is 4.79 Å². The molecule has 2 unspecified atom stereocenters. The largest absolute Gasteiger partial charge is 0.340 e. The Kier molecular flexibility index (Phi) is 4.87. The molecule has 1 aromatic carbocycles. The number of aromatic nitrogens is 2. The Labute approximate surface area is 167 Å². The fourth-order valence-electron chi connectivity index (χ4n) is 5.62. The van der Waals surface area contributed by atoms with Crippen molar-refractivity contribution in [2.45, 2.75) is 70.4 Å². The van der Waals surface area contributed by atoms with Gasteiger partial charge in [-0.3, -0.25) is 9.69 Å². The van der Waals surface area contributed by atoms with Gasteiger partial charge >= 0.3 is 0 Å². The highest BCUT2D eigenvalue weighted by Crippen LogP contribution is 2.35. The second-order valence-electron chi connectivity index (χ2n) is 9.10. The Morgan fingerprint density at radius 2 is 1.93 bits per heavy atom. The molecule has 1 N–H and O–H groups in total. The number of carbonyl (C=O) groups excluding carboxylic acids is 1. The van der Waals surface area contributed by atoms with Gasteiger partial charge in [0.05, 0.1) is 23.0 Å². The molecule has 2 atom stereocenters. The molecule has 1 aliphatic carbocycles. The molecule has 28 heavy (non-hydrogen) atoms. The van der Waals surface area contributed by atoms with Crippen LogP contribution in [0.15, 0.2) is 18.2 Å². The predicted molar refractivity (Wildman–Crippen MR) is 111 cm³/mol. The van der Waals surface area contributed by atoms with Crippen LogP contribution < -0.4 is 0 Å². The van der Waals surface area contributed by atoms with Gasteiger partial charge in [0.2, 0.25) is 5.91 Å². The minimum atomic E-state index is 0.115. The molecule has 3 fully saturated rings. The van der Waals surface area contributed by atoms with Crippen molar-refractivity contribution in [3.05, 3.63) is 29.6 Å². The molecule has 0 radical (unpaired) electrons. The van der Waals surface area contributed by atoms with Gasteiger partial charge in [-0.1, -0.05) is 25.3 Å². The zero-order valence-corrected chi connectivity index (χ0v) is 17.0. The van der Waals surface area contributed by atoms with E-state index in [1.165, 1.54) is 37.7 Å². The average molecular weight is 381 g/mol. The van der Waals surface area contributed by atoms with Crippen molar-refractivity contribution < 1.29 is 4.79 Å². The Balaban J connectivity index is 1.30. The monoisotopic (exact) mass is 380 g/mol. The summed E-state index contributed by atoms with van der Waals surface area (Å²) in [7, 11) is 0. The van der Waals surface area contributed by atoms with Crippen LogP contribution >= 0.6 is 0 Å². The van der Waals surface area contributed by atoms with Crippen molar-refractivity contribution in [2.75, 3.05) is 19.6 Å². The number of hydrogen-bond donors (Lipinski definition) is 1. The number of fused-ring (bicyclic) bond motifs is 1. The van der Waals surface area contributed by atoms with Crippen LogP contribution in [0.2, 0.25) is 0 Å². The lowest BCUT2D eigenvalue weighted by Crippen LogP contribution is -2.39. The lowest BCUT2D eigenvalue weighted by atomic mass is 9.94. The molecule has 5 nitrogen and oxygen atoms in total. The molecule has 2 saturated heterocycles. The molecule has 2 aromatic rings. The summed E-state index contributed by atoms with van der Waals surface area (Å²) in [5.74, 6) is 1.50. The molecule has 150 valence electrons. The second kappa shape index (κ2) is 7.51. The molecule has 3 aliphatic rings. The number of imidazole rings is 1. The first kappa shape index (κ1) is 18.2. The topological polar surface area (TPSA) is 52.2 Å². The smallest absolute Gasteiger partial charge is 0.227 e. The quantitative estimate of drug-likeness (QED) is 0.869. The van der Waals surface area contributed by atoms with Crippen molar-refractivity contribution in [1.29, 1.82) is 0 Å². The Hall–Kier alpha value is -1.88. The minimum Gasteiger partial charge on any atom is -0.340 e. The third-order valence-corrected chi connectivity index (χ3v) is 7.17. The highest BCUT2D eigenvalue weighted by Gasteiger charge is 2.39. The van der Waals surface area contributed by atoms with E-state index in [1.54, 1.807) is 0 Å². The van der Waals surface area contributed by atoms with E-state index >= 15 is 0 Å². The van der Waals surface area contributed by atoms with Crippen LogP contribution in [0.4, 0.5) is 0 Å². The van der Waals surface area contributed by atoms with Crippen LogP contribution in [0.3, 0.4) is 0 Å². The van der Waals surface area contributed by atoms with Crippen molar-refractivity contribution in [3.8, 4) is 0 Å². The number of amides is 1. The number of benzene rings is 1. The van der Waals surface area contributed by atoms with Crippen molar-refractivity contribution in [2.24, 2.45) is 5.92 Å². The first-order chi connectivity index (χ1) is 13.7. The first-order valence-electron chi connectivity index (χ1n) is 11.2. The molecule has 1 amide bonds. The summed E-state index contributed by atoms with van der Waals surface area (Å²) in [4.78, 5) is 26.4. The highest BCUT2D eigenvalue weighted by atomic mass is 16.2. The third-order valence-electron chi connectivity index (χ3n) is 7.17. The van der Waals surface area contributed by atoms with Gasteiger partial charge in [0.1, 0.15) is 5.82 Å². The molecular weight excluding hydrogens is 348 g/mol. The third kappa shape index (κ3) is 3.34. The van der Waals surface area contributed by atoms with Crippen molar-refractivity contribution in [1.82, 2.24) is 19.8 Å². The fourth-order valence-corrected chi connectivity index (χ4v) is 5.62. The normalized spacial score (nSPS) is 27.1. The number of nitrogens with zero attached hydrogens (tertiary/aromatic N) is 3. The number of aromatic amines is 1. The molecule has 0 spiro atoms. The summed E-state index contributed by atoms with van der Waals surface area (Å²) < 4.78 is 0. The van der Waals surface area contributed by atoms with E-state index in [4.69, 9.17) is 4.98 Å². The maximum Gasteiger partial charge on any atom is 0.227 e. The van der Waals surface area contributed by atoms with Gasteiger partial charge < -0.3 is 9.88 Å². The van der Waals surface area contributed by atoms with Crippen LogP contribution in [0.1, 0.15) is 68.8 Å². The van der Waals surface area contributed by atoms with Crippen LogP contribution in [0.5, 0.6) is 0 Å². The molecule has 5 rings (SSSR count). The van der Waals surface area contributed by atoms with Crippen LogP contribution in [-0.2, 0) is 4.79 Å². The number of likely N-dealkylation sites (tertiary alicyclic amines) is 2. The van der Waals surface area contributed by atoms with Gasteiger partial charge in [-0.15, -0.1) is 0 Å². The second-order valence-corrected chi connectivity index (χ2v) is 9.10. The minimum absolute atomic E-state index is 0.115. The van der Waals surface area contributed by atoms with Crippen LogP contribution in [0, 0.1) is 12.8 Å². The molecular formula is C23H32N4O. The van der Waals surface area contributed by atoms with Gasteiger partial charge in [-0.05, 0) is 63.3 Å². The number of hydrogen-bond acceptors (Lipinski definition) is 3. The lowest BCUT2D eigenvalue weighted by molar-refractivity contribution is -0.136. The number of H-pyrrole nitrogens is 1. The van der Waals surface area contributed by atoms with E-state index < -0.39 is 0 Å². The molecule has 1 aromatic heterocycles. The molecule has 1 saturated carbocycles. The summed E-state index contributed by atoms with van der Waals surface area (Å²) in [6.45, 7) is 5.04. The van der Waals surface area contributed by atoms with Gasteiger partial charge in [-0.25, -0.2) is 4.98 Å². The van der Waals surface area contributed by atoms with Crippen molar-refractivity contribution in [3.63, 3.8) is 0 Å². The van der Waals surface area contributed by atoms with E-state index in [-0.39, 0.29) is 12.0 Å². The fraction of sp³-hybridized carbons (Fsp3) is 0.652. The standard InChI is InChI=1S/C23H32N4O/c1-16-9-10-19-20(14-16)25-22(24-19)21-8-5-12-27(21)23(28)17-11-13-26(15-17)18-6-3-2-4-7-18/h9-10,14,17-18,21H,2-8,11-13,15H2,1H3,(H,24,25). The Bertz CT molecular complexity index is 853. The molecule has 0 bridgehead atoms. The number of rotatable bonds is 3. The zero-order valence-electron chi connectivity index (χ0n) is 17.0. The van der Waals surface area contributed by atoms with Crippen molar-refractivity contribution >= 4 is 16.9 Å². The SMILES string of the molecule is Cc1ccc2nc(C3CCCN3C(=O)C3CCN(C4CCCCC4)C3)[nH]c2c1.